The molecule has 0 atom stereocenters. The Hall–Kier alpha value is -0.860. The van der Waals surface area contributed by atoms with Crippen LogP contribution in [-0.4, -0.2) is 10.2 Å². The highest BCUT2D eigenvalue weighted by molar-refractivity contribution is 5.33. The maximum Gasteiger partial charge on any atom is 0.0682 e. The van der Waals surface area contributed by atoms with Crippen LogP contribution in [0.3, 0.4) is 0 Å². The second-order valence-corrected chi connectivity index (χ2v) is 4.60. The Morgan fingerprint density at radius 2 is 1.36 bits per heavy atom. The van der Waals surface area contributed by atoms with Gasteiger partial charge in [-0.1, -0.05) is 39.0 Å². The van der Waals surface area contributed by atoms with Crippen LogP contribution in [0, 0.1) is 0 Å². The monoisotopic (exact) mass is 194 g/mol. The first kappa shape index (κ1) is 11.2. The van der Waals surface area contributed by atoms with E-state index < -0.39 is 0 Å². The summed E-state index contributed by atoms with van der Waals surface area (Å²) in [6.45, 7) is 6.40. The number of hydrogen-bond donors (Lipinski definition) is 2. The lowest BCUT2D eigenvalue weighted by molar-refractivity contribution is 0.275. The first-order chi connectivity index (χ1) is 6.47. The van der Waals surface area contributed by atoms with Crippen LogP contribution >= 0.6 is 0 Å². The van der Waals surface area contributed by atoms with Gasteiger partial charge < -0.3 is 10.2 Å². The second kappa shape index (κ2) is 4.11. The zero-order valence-corrected chi connectivity index (χ0v) is 9.04. The molecule has 78 valence electrons. The van der Waals surface area contributed by atoms with Crippen molar-refractivity contribution in [3.8, 4) is 0 Å². The van der Waals surface area contributed by atoms with E-state index in [1.165, 1.54) is 0 Å². The Bertz CT molecular complexity index is 288. The summed E-state index contributed by atoms with van der Waals surface area (Å²) in [6.07, 6.45) is 0. The van der Waals surface area contributed by atoms with Crippen molar-refractivity contribution in [1.29, 1.82) is 0 Å². The van der Waals surface area contributed by atoms with Crippen LogP contribution in [0.25, 0.3) is 0 Å². The van der Waals surface area contributed by atoms with E-state index in [1.807, 2.05) is 18.2 Å². The second-order valence-electron chi connectivity index (χ2n) is 4.60. The predicted molar refractivity (Wildman–Crippen MR) is 57.0 cm³/mol. The lowest BCUT2D eigenvalue weighted by atomic mass is 9.85. The Morgan fingerprint density at radius 3 is 1.64 bits per heavy atom. The standard InChI is InChI=1S/C12H18O2/c1-12(2,3)11-5-9(7-13)4-10(6-11)8-14/h4-6,13-14H,7-8H2,1-3H3. The van der Waals surface area contributed by atoms with Gasteiger partial charge in [0.15, 0.2) is 0 Å². The van der Waals surface area contributed by atoms with E-state index >= 15 is 0 Å². The van der Waals surface area contributed by atoms with Gasteiger partial charge in [-0.05, 0) is 22.1 Å². The highest BCUT2D eigenvalue weighted by atomic mass is 16.3. The van der Waals surface area contributed by atoms with Crippen molar-refractivity contribution in [3.63, 3.8) is 0 Å². The lowest BCUT2D eigenvalue weighted by Crippen LogP contribution is -2.12. The normalized spacial score (nSPS) is 11.8. The van der Waals surface area contributed by atoms with Gasteiger partial charge in [-0.2, -0.15) is 0 Å². The average Bonchev–Trinajstić information content (AvgIpc) is 2.15. The van der Waals surface area contributed by atoms with Crippen LogP contribution in [0.5, 0.6) is 0 Å². The van der Waals surface area contributed by atoms with Gasteiger partial charge in [-0.15, -0.1) is 0 Å². The van der Waals surface area contributed by atoms with Crippen molar-refractivity contribution in [2.45, 2.75) is 39.4 Å². The lowest BCUT2D eigenvalue weighted by Gasteiger charge is -2.20. The van der Waals surface area contributed by atoms with Crippen LogP contribution in [0.2, 0.25) is 0 Å². The summed E-state index contributed by atoms with van der Waals surface area (Å²) in [5, 5.41) is 18.1. The molecule has 2 N–H and O–H groups in total. The molecule has 1 aromatic rings. The largest absolute Gasteiger partial charge is 0.392 e. The topological polar surface area (TPSA) is 40.5 Å². The molecular weight excluding hydrogens is 176 g/mol. The molecule has 1 rings (SSSR count). The fraction of sp³-hybridized carbons (Fsp3) is 0.500. The van der Waals surface area contributed by atoms with Crippen LogP contribution < -0.4 is 0 Å². The van der Waals surface area contributed by atoms with E-state index in [4.69, 9.17) is 10.2 Å². The van der Waals surface area contributed by atoms with E-state index in [9.17, 15) is 0 Å². The summed E-state index contributed by atoms with van der Waals surface area (Å²) >= 11 is 0. The number of aliphatic hydroxyl groups excluding tert-OH is 2. The summed E-state index contributed by atoms with van der Waals surface area (Å²) in [4.78, 5) is 0. The molecule has 14 heavy (non-hydrogen) atoms. The maximum absolute atomic E-state index is 9.07. The zero-order valence-electron chi connectivity index (χ0n) is 9.04. The molecule has 0 bridgehead atoms. The summed E-state index contributed by atoms with van der Waals surface area (Å²) in [6, 6.07) is 5.80. The van der Waals surface area contributed by atoms with Gasteiger partial charge >= 0.3 is 0 Å². The molecule has 0 spiro atoms. The van der Waals surface area contributed by atoms with Gasteiger partial charge in [0.1, 0.15) is 0 Å². The predicted octanol–water partition coefficient (Wildman–Crippen LogP) is 1.97. The summed E-state index contributed by atoms with van der Waals surface area (Å²) in [7, 11) is 0. The highest BCUT2D eigenvalue weighted by Gasteiger charge is 2.14. The zero-order chi connectivity index (χ0) is 10.8. The summed E-state index contributed by atoms with van der Waals surface area (Å²) in [5.74, 6) is 0. The molecule has 0 aliphatic carbocycles. The molecule has 0 aromatic heterocycles. The third-order valence-electron chi connectivity index (χ3n) is 2.28. The van der Waals surface area contributed by atoms with Crippen molar-refractivity contribution < 1.29 is 10.2 Å². The fourth-order valence-electron chi connectivity index (χ4n) is 1.38. The van der Waals surface area contributed by atoms with E-state index in [2.05, 4.69) is 20.8 Å². The molecule has 0 saturated heterocycles. The molecule has 0 saturated carbocycles. The highest BCUT2D eigenvalue weighted by Crippen LogP contribution is 2.24. The fourth-order valence-corrected chi connectivity index (χ4v) is 1.38. The van der Waals surface area contributed by atoms with Gasteiger partial charge in [0.2, 0.25) is 0 Å². The van der Waals surface area contributed by atoms with Crippen LogP contribution in [0.1, 0.15) is 37.5 Å². The van der Waals surface area contributed by atoms with E-state index in [1.54, 1.807) is 0 Å². The molecule has 0 unspecified atom stereocenters. The molecule has 0 aliphatic heterocycles. The third-order valence-corrected chi connectivity index (χ3v) is 2.28. The Labute approximate surface area is 85.2 Å². The minimum Gasteiger partial charge on any atom is -0.392 e. The van der Waals surface area contributed by atoms with Gasteiger partial charge in [-0.25, -0.2) is 0 Å². The van der Waals surface area contributed by atoms with Crippen molar-refractivity contribution >= 4 is 0 Å². The maximum atomic E-state index is 9.07. The molecular formula is C12H18O2. The minimum absolute atomic E-state index is 0.0247. The van der Waals surface area contributed by atoms with Gasteiger partial charge in [0.05, 0.1) is 13.2 Å². The smallest absolute Gasteiger partial charge is 0.0682 e. The molecule has 0 amide bonds. The molecule has 0 radical (unpaired) electrons. The molecule has 0 fully saturated rings. The Kier molecular flexibility index (Phi) is 3.29. The Balaban J connectivity index is 3.17. The van der Waals surface area contributed by atoms with Crippen LogP contribution in [0.4, 0.5) is 0 Å². The van der Waals surface area contributed by atoms with Crippen molar-refractivity contribution in [2.75, 3.05) is 0 Å². The molecule has 2 heteroatoms. The molecule has 0 heterocycles. The third kappa shape index (κ3) is 2.56. The van der Waals surface area contributed by atoms with E-state index in [0.29, 0.717) is 0 Å². The molecule has 1 aromatic carbocycles. The van der Waals surface area contributed by atoms with Gasteiger partial charge in [-0.3, -0.25) is 0 Å². The Morgan fingerprint density at radius 1 is 0.929 bits per heavy atom. The first-order valence-corrected chi connectivity index (χ1v) is 4.82. The molecule has 2 nitrogen and oxygen atoms in total. The van der Waals surface area contributed by atoms with Crippen molar-refractivity contribution in [1.82, 2.24) is 0 Å². The van der Waals surface area contributed by atoms with Crippen molar-refractivity contribution in [3.05, 3.63) is 34.9 Å². The van der Waals surface area contributed by atoms with Crippen LogP contribution in [-0.2, 0) is 18.6 Å². The van der Waals surface area contributed by atoms with Crippen molar-refractivity contribution in [2.24, 2.45) is 0 Å². The minimum atomic E-state index is 0.0247. The quantitative estimate of drug-likeness (QED) is 0.755. The number of rotatable bonds is 2. The number of hydrogen-bond acceptors (Lipinski definition) is 2. The number of aliphatic hydroxyl groups is 2. The summed E-state index contributed by atoms with van der Waals surface area (Å²) < 4.78 is 0. The van der Waals surface area contributed by atoms with Gasteiger partial charge in [0.25, 0.3) is 0 Å². The van der Waals surface area contributed by atoms with Crippen LogP contribution in [0.15, 0.2) is 18.2 Å². The van der Waals surface area contributed by atoms with Gasteiger partial charge in [0, 0.05) is 0 Å². The molecule has 0 aliphatic rings. The average molecular weight is 194 g/mol. The number of benzene rings is 1. The van der Waals surface area contributed by atoms with E-state index in [-0.39, 0.29) is 18.6 Å². The first-order valence-electron chi connectivity index (χ1n) is 4.82. The summed E-state index contributed by atoms with van der Waals surface area (Å²) in [5.41, 5.74) is 2.92. The van der Waals surface area contributed by atoms with E-state index in [0.717, 1.165) is 16.7 Å². The SMILES string of the molecule is CC(C)(C)c1cc(CO)cc(CO)c1.